The second-order valence-electron chi connectivity index (χ2n) is 11.0. The third-order valence-electron chi connectivity index (χ3n) is 8.46. The van der Waals surface area contributed by atoms with E-state index in [2.05, 4.69) is 0 Å². The predicted octanol–water partition coefficient (Wildman–Crippen LogP) is 4.29. The molecular formula is C34H37N3O6. The van der Waals surface area contributed by atoms with Crippen molar-refractivity contribution in [2.24, 2.45) is 5.92 Å². The number of carbonyl (C=O) groups excluding carboxylic acids is 3. The molecule has 2 aliphatic heterocycles. The van der Waals surface area contributed by atoms with Crippen LogP contribution in [0.2, 0.25) is 0 Å². The van der Waals surface area contributed by atoms with Crippen molar-refractivity contribution >= 4 is 35.3 Å². The Morgan fingerprint density at radius 3 is 2.51 bits per heavy atom. The molecule has 0 bridgehead atoms. The number of hydrogen-bond acceptors (Lipinski definition) is 6. The number of aliphatic hydroxyl groups excluding tert-OH is 1. The number of fused-ring (bicyclic) bond motifs is 1. The van der Waals surface area contributed by atoms with E-state index in [4.69, 9.17) is 4.74 Å². The average molecular weight is 584 g/mol. The van der Waals surface area contributed by atoms with Crippen LogP contribution in [0.1, 0.15) is 37.3 Å². The van der Waals surface area contributed by atoms with Crippen molar-refractivity contribution in [2.45, 2.75) is 44.4 Å². The van der Waals surface area contributed by atoms with E-state index >= 15 is 0 Å². The maximum absolute atomic E-state index is 14.0. The smallest absolute Gasteiger partial charge is 0.264 e. The van der Waals surface area contributed by atoms with Gasteiger partial charge in [0, 0.05) is 35.8 Å². The molecule has 0 radical (unpaired) electrons. The zero-order valence-corrected chi connectivity index (χ0v) is 24.4. The number of carbonyl (C=O) groups is 3. The van der Waals surface area contributed by atoms with Crippen LogP contribution in [0.25, 0.3) is 0 Å². The minimum absolute atomic E-state index is 0.0559. The molecule has 43 heavy (non-hydrogen) atoms. The Hall–Kier alpha value is -4.47. The van der Waals surface area contributed by atoms with Gasteiger partial charge in [-0.2, -0.15) is 0 Å². The third-order valence-corrected chi connectivity index (χ3v) is 8.46. The SMILES string of the molecule is COc1ccc2c(c1)[C@](O)([C@@H](C)/C=C/CC(=O)N1CCC[C@H]1CO)C(=O)N2Cc1ccc(N(C=O)c2ccccc2)cc1. The first-order valence-electron chi connectivity index (χ1n) is 14.5. The number of anilines is 3. The van der Waals surface area contributed by atoms with Gasteiger partial charge in [0.25, 0.3) is 5.91 Å². The molecule has 1 fully saturated rings. The highest BCUT2D eigenvalue weighted by Crippen LogP contribution is 2.47. The monoisotopic (exact) mass is 583 g/mol. The standard InChI is InChI=1S/C34H37N3O6/c1-24(8-6-12-32(40)35-19-7-11-28(35)22-38)34(42)30-20-29(43-2)17-18-31(30)36(33(34)41)21-25-13-15-27(16-14-25)37(23-39)26-9-4-3-5-10-26/h3-6,8-10,13-18,20,23-24,28,38,42H,7,11-12,19,21-22H2,1-2H3/b8-6+/t24-,28-,34+/m0/s1. The fourth-order valence-corrected chi connectivity index (χ4v) is 6.00. The Morgan fingerprint density at radius 2 is 1.84 bits per heavy atom. The summed E-state index contributed by atoms with van der Waals surface area (Å²) in [5.74, 6) is -0.689. The molecule has 2 heterocycles. The van der Waals surface area contributed by atoms with E-state index in [1.807, 2.05) is 54.6 Å². The lowest BCUT2D eigenvalue weighted by Gasteiger charge is -2.28. The molecule has 9 heteroatoms. The number of hydrogen-bond donors (Lipinski definition) is 2. The van der Waals surface area contributed by atoms with Gasteiger partial charge in [-0.15, -0.1) is 0 Å². The second kappa shape index (κ2) is 12.8. The first-order valence-corrected chi connectivity index (χ1v) is 14.5. The molecule has 0 unspecified atom stereocenters. The van der Waals surface area contributed by atoms with Crippen LogP contribution in [0.3, 0.4) is 0 Å². The van der Waals surface area contributed by atoms with Crippen LogP contribution >= 0.6 is 0 Å². The van der Waals surface area contributed by atoms with E-state index in [0.717, 1.165) is 30.5 Å². The van der Waals surface area contributed by atoms with Crippen molar-refractivity contribution in [1.82, 2.24) is 4.90 Å². The number of likely N-dealkylation sites (tertiary alicyclic amines) is 1. The van der Waals surface area contributed by atoms with Crippen LogP contribution in [0, 0.1) is 5.92 Å². The zero-order valence-electron chi connectivity index (χ0n) is 24.4. The third kappa shape index (κ3) is 5.78. The summed E-state index contributed by atoms with van der Waals surface area (Å²) >= 11 is 0. The van der Waals surface area contributed by atoms with E-state index < -0.39 is 17.4 Å². The highest BCUT2D eigenvalue weighted by molar-refractivity contribution is 6.07. The van der Waals surface area contributed by atoms with E-state index in [1.54, 1.807) is 47.1 Å². The number of methoxy groups -OCH3 is 1. The summed E-state index contributed by atoms with van der Waals surface area (Å²) in [6.45, 7) is 2.53. The molecule has 3 aromatic carbocycles. The van der Waals surface area contributed by atoms with Crippen LogP contribution in [-0.2, 0) is 26.5 Å². The molecule has 224 valence electrons. The summed E-state index contributed by atoms with van der Waals surface area (Å²) < 4.78 is 5.41. The van der Waals surface area contributed by atoms with Gasteiger partial charge in [-0.3, -0.25) is 19.3 Å². The summed E-state index contributed by atoms with van der Waals surface area (Å²) in [5, 5.41) is 21.6. The van der Waals surface area contributed by atoms with Gasteiger partial charge in [-0.25, -0.2) is 0 Å². The summed E-state index contributed by atoms with van der Waals surface area (Å²) in [7, 11) is 1.53. The van der Waals surface area contributed by atoms with Gasteiger partial charge in [-0.05, 0) is 60.9 Å². The molecule has 1 saturated heterocycles. The maximum atomic E-state index is 14.0. The van der Waals surface area contributed by atoms with Crippen molar-refractivity contribution in [1.29, 1.82) is 0 Å². The number of aliphatic hydroxyl groups is 2. The highest BCUT2D eigenvalue weighted by atomic mass is 16.5. The summed E-state index contributed by atoms with van der Waals surface area (Å²) in [5.41, 5.74) is 1.40. The van der Waals surface area contributed by atoms with Crippen molar-refractivity contribution in [3.05, 3.63) is 96.1 Å². The predicted molar refractivity (Wildman–Crippen MR) is 164 cm³/mol. The molecule has 3 aromatic rings. The molecule has 0 saturated carbocycles. The summed E-state index contributed by atoms with van der Waals surface area (Å²) in [6.07, 6.45) is 5.93. The van der Waals surface area contributed by atoms with Crippen molar-refractivity contribution in [3.8, 4) is 5.75 Å². The van der Waals surface area contributed by atoms with E-state index in [0.29, 0.717) is 29.2 Å². The fraction of sp³-hybridized carbons (Fsp3) is 0.324. The van der Waals surface area contributed by atoms with Crippen LogP contribution < -0.4 is 14.5 Å². The van der Waals surface area contributed by atoms with Crippen LogP contribution in [-0.4, -0.2) is 59.6 Å². The Labute approximate surface area is 251 Å². The number of rotatable bonds is 11. The number of nitrogens with zero attached hydrogens (tertiary/aromatic N) is 3. The summed E-state index contributed by atoms with van der Waals surface area (Å²) in [6, 6.07) is 21.7. The van der Waals surface area contributed by atoms with Crippen molar-refractivity contribution in [3.63, 3.8) is 0 Å². The fourth-order valence-electron chi connectivity index (χ4n) is 6.00. The molecule has 9 nitrogen and oxygen atoms in total. The van der Waals surface area contributed by atoms with Gasteiger partial charge in [0.1, 0.15) is 5.75 Å². The van der Waals surface area contributed by atoms with Crippen molar-refractivity contribution in [2.75, 3.05) is 30.1 Å². The Morgan fingerprint density at radius 1 is 1.12 bits per heavy atom. The Bertz CT molecular complexity index is 1490. The molecule has 5 rings (SSSR count). The molecule has 2 aliphatic rings. The summed E-state index contributed by atoms with van der Waals surface area (Å²) in [4.78, 5) is 43.4. The largest absolute Gasteiger partial charge is 0.497 e. The van der Waals surface area contributed by atoms with Gasteiger partial charge in [0.15, 0.2) is 5.60 Å². The lowest BCUT2D eigenvalue weighted by atomic mass is 9.83. The Kier molecular flexibility index (Phi) is 8.94. The minimum atomic E-state index is -1.87. The number of ether oxygens (including phenoxy) is 1. The number of amides is 3. The van der Waals surface area contributed by atoms with E-state index in [-0.39, 0.29) is 31.5 Å². The van der Waals surface area contributed by atoms with E-state index in [1.165, 1.54) is 12.0 Å². The average Bonchev–Trinajstić information content (AvgIpc) is 3.60. The molecular weight excluding hydrogens is 546 g/mol. The van der Waals surface area contributed by atoms with Gasteiger partial charge >= 0.3 is 0 Å². The quantitative estimate of drug-likeness (QED) is 0.258. The second-order valence-corrected chi connectivity index (χ2v) is 11.0. The highest BCUT2D eigenvalue weighted by Gasteiger charge is 2.52. The number of benzene rings is 3. The maximum Gasteiger partial charge on any atom is 0.264 e. The number of para-hydroxylation sites is 1. The topological polar surface area (TPSA) is 111 Å². The van der Waals surface area contributed by atoms with Gasteiger partial charge in [0.2, 0.25) is 12.3 Å². The molecule has 0 spiro atoms. The van der Waals surface area contributed by atoms with Gasteiger partial charge in [0.05, 0.1) is 32.0 Å². The Balaban J connectivity index is 1.36. The molecule has 0 aliphatic carbocycles. The first-order chi connectivity index (χ1) is 20.8. The molecule has 3 atom stereocenters. The first kappa shape index (κ1) is 30.0. The minimum Gasteiger partial charge on any atom is -0.497 e. The van der Waals surface area contributed by atoms with Gasteiger partial charge in [-0.1, -0.05) is 49.4 Å². The van der Waals surface area contributed by atoms with Gasteiger partial charge < -0.3 is 24.7 Å². The van der Waals surface area contributed by atoms with Crippen LogP contribution in [0.4, 0.5) is 17.1 Å². The molecule has 0 aromatic heterocycles. The molecule has 2 N–H and O–H groups in total. The molecule has 3 amide bonds. The normalized spacial score (nSPS) is 20.4. The lowest BCUT2D eigenvalue weighted by Crippen LogP contribution is -2.44. The van der Waals surface area contributed by atoms with Crippen LogP contribution in [0.15, 0.2) is 84.9 Å². The van der Waals surface area contributed by atoms with E-state index in [9.17, 15) is 24.6 Å². The van der Waals surface area contributed by atoms with Crippen LogP contribution in [0.5, 0.6) is 5.75 Å². The zero-order chi connectivity index (χ0) is 30.6. The lowest BCUT2D eigenvalue weighted by molar-refractivity contribution is -0.139. The van der Waals surface area contributed by atoms with Crippen molar-refractivity contribution < 1.29 is 29.3 Å².